The highest BCUT2D eigenvalue weighted by Crippen LogP contribution is 2.23. The third kappa shape index (κ3) is 3.80. The van der Waals surface area contributed by atoms with Crippen molar-refractivity contribution in [2.24, 2.45) is 5.73 Å². The van der Waals surface area contributed by atoms with E-state index in [1.807, 2.05) is 22.7 Å². The third-order valence-corrected chi connectivity index (χ3v) is 4.14. The van der Waals surface area contributed by atoms with E-state index in [2.05, 4.69) is 5.10 Å². The Morgan fingerprint density at radius 3 is 2.83 bits per heavy atom. The van der Waals surface area contributed by atoms with Crippen molar-refractivity contribution in [3.8, 4) is 0 Å². The first-order chi connectivity index (χ1) is 11.5. The summed E-state index contributed by atoms with van der Waals surface area (Å²) < 4.78 is 20.8. The molecule has 128 valence electrons. The van der Waals surface area contributed by atoms with Crippen LogP contribution >= 0.6 is 0 Å². The molecule has 1 amide bonds. The minimum absolute atomic E-state index is 0.0830. The van der Waals surface area contributed by atoms with Crippen molar-refractivity contribution in [2.75, 3.05) is 19.7 Å². The van der Waals surface area contributed by atoms with Crippen molar-refractivity contribution in [1.82, 2.24) is 14.7 Å². The first-order valence-corrected chi connectivity index (χ1v) is 7.92. The summed E-state index contributed by atoms with van der Waals surface area (Å²) >= 11 is 0. The number of ether oxygens (including phenoxy) is 1. The molecule has 2 N–H and O–H groups in total. The fraction of sp³-hybridized carbons (Fsp3) is 0.412. The predicted molar refractivity (Wildman–Crippen MR) is 86.6 cm³/mol. The van der Waals surface area contributed by atoms with Gasteiger partial charge in [-0.25, -0.2) is 4.39 Å². The highest BCUT2D eigenvalue weighted by Gasteiger charge is 2.31. The van der Waals surface area contributed by atoms with Crippen LogP contribution in [0.1, 0.15) is 17.2 Å². The van der Waals surface area contributed by atoms with Crippen LogP contribution < -0.4 is 5.73 Å². The number of morpholine rings is 1. The summed E-state index contributed by atoms with van der Waals surface area (Å²) in [5, 5.41) is 4.27. The highest BCUT2D eigenvalue weighted by molar-refractivity contribution is 5.81. The van der Waals surface area contributed by atoms with Crippen LogP contribution in [-0.4, -0.2) is 46.4 Å². The number of hydrogen-bond acceptors (Lipinski definition) is 4. The standard InChI is InChI=1S/C17H21FN4O2/c1-12-8-20-22(9-12)11-15-10-21(6-7-24-15)16(17(19)23)13-2-4-14(18)5-3-13/h2-5,8-9,15-16H,6-7,10-11H2,1H3,(H2,19,23)/t15-,16-/m0/s1. The Labute approximate surface area is 140 Å². The van der Waals surface area contributed by atoms with Gasteiger partial charge in [0.05, 0.1) is 25.5 Å². The minimum Gasteiger partial charge on any atom is -0.374 e. The maximum Gasteiger partial charge on any atom is 0.239 e. The zero-order valence-corrected chi connectivity index (χ0v) is 13.6. The van der Waals surface area contributed by atoms with Gasteiger partial charge in [0.25, 0.3) is 0 Å². The van der Waals surface area contributed by atoms with E-state index in [0.29, 0.717) is 31.8 Å². The normalized spacial score (nSPS) is 20.0. The van der Waals surface area contributed by atoms with Crippen LogP contribution in [-0.2, 0) is 16.1 Å². The van der Waals surface area contributed by atoms with Gasteiger partial charge in [0, 0.05) is 19.3 Å². The zero-order valence-electron chi connectivity index (χ0n) is 13.6. The van der Waals surface area contributed by atoms with E-state index in [1.54, 1.807) is 18.3 Å². The molecule has 1 aliphatic rings. The molecule has 1 aromatic carbocycles. The van der Waals surface area contributed by atoms with Crippen molar-refractivity contribution in [3.63, 3.8) is 0 Å². The Bertz CT molecular complexity index is 701. The number of carbonyl (C=O) groups excluding carboxylic acids is 1. The number of hydrogen-bond donors (Lipinski definition) is 1. The van der Waals surface area contributed by atoms with Crippen molar-refractivity contribution < 1.29 is 13.9 Å². The van der Waals surface area contributed by atoms with Gasteiger partial charge in [-0.3, -0.25) is 14.4 Å². The van der Waals surface area contributed by atoms with Crippen molar-refractivity contribution >= 4 is 5.91 Å². The van der Waals surface area contributed by atoms with Gasteiger partial charge in [0.15, 0.2) is 0 Å². The smallest absolute Gasteiger partial charge is 0.239 e. The molecular weight excluding hydrogens is 311 g/mol. The van der Waals surface area contributed by atoms with E-state index in [9.17, 15) is 9.18 Å². The van der Waals surface area contributed by atoms with Gasteiger partial charge in [0.1, 0.15) is 11.9 Å². The molecule has 2 aromatic rings. The molecular formula is C17H21FN4O2. The van der Waals surface area contributed by atoms with E-state index in [4.69, 9.17) is 10.5 Å². The lowest BCUT2D eigenvalue weighted by Gasteiger charge is -2.37. The van der Waals surface area contributed by atoms with Crippen LogP contribution in [0.2, 0.25) is 0 Å². The number of carbonyl (C=O) groups is 1. The molecule has 0 saturated carbocycles. The molecule has 0 spiro atoms. The number of primary amides is 1. The maximum atomic E-state index is 13.1. The number of halogens is 1. The summed E-state index contributed by atoms with van der Waals surface area (Å²) in [5.41, 5.74) is 7.39. The number of amides is 1. The van der Waals surface area contributed by atoms with Gasteiger partial charge in [-0.15, -0.1) is 0 Å². The summed E-state index contributed by atoms with van der Waals surface area (Å²) in [4.78, 5) is 14.0. The SMILES string of the molecule is Cc1cnn(C[C@@H]2CN([C@H](C(N)=O)c3ccc(F)cc3)CCO2)c1. The summed E-state index contributed by atoms with van der Waals surface area (Å²) in [7, 11) is 0. The van der Waals surface area contributed by atoms with E-state index in [-0.39, 0.29) is 11.9 Å². The average molecular weight is 332 g/mol. The molecule has 1 fully saturated rings. The molecule has 7 heteroatoms. The lowest BCUT2D eigenvalue weighted by Crippen LogP contribution is -2.49. The Kier molecular flexibility index (Phi) is 4.92. The zero-order chi connectivity index (χ0) is 17.1. The number of nitrogens with two attached hydrogens (primary N) is 1. The Morgan fingerprint density at radius 2 is 2.21 bits per heavy atom. The molecule has 0 bridgehead atoms. The molecule has 2 heterocycles. The summed E-state index contributed by atoms with van der Waals surface area (Å²) in [6, 6.07) is 5.31. The average Bonchev–Trinajstić information content (AvgIpc) is 2.95. The van der Waals surface area contributed by atoms with Crippen LogP contribution in [0.25, 0.3) is 0 Å². The number of benzene rings is 1. The quantitative estimate of drug-likeness (QED) is 0.894. The number of rotatable bonds is 5. The molecule has 3 rings (SSSR count). The van der Waals surface area contributed by atoms with Crippen molar-refractivity contribution in [1.29, 1.82) is 0 Å². The van der Waals surface area contributed by atoms with Gasteiger partial charge in [-0.2, -0.15) is 5.10 Å². The van der Waals surface area contributed by atoms with E-state index in [1.165, 1.54) is 12.1 Å². The largest absolute Gasteiger partial charge is 0.374 e. The second-order valence-electron chi connectivity index (χ2n) is 6.08. The van der Waals surface area contributed by atoms with Crippen LogP contribution in [0.5, 0.6) is 0 Å². The molecule has 0 aliphatic carbocycles. The maximum absolute atomic E-state index is 13.1. The third-order valence-electron chi connectivity index (χ3n) is 4.14. The number of nitrogens with zero attached hydrogens (tertiary/aromatic N) is 3. The fourth-order valence-corrected chi connectivity index (χ4v) is 3.06. The molecule has 2 atom stereocenters. The van der Waals surface area contributed by atoms with Gasteiger partial charge in [0.2, 0.25) is 5.91 Å². The molecule has 6 nitrogen and oxygen atoms in total. The van der Waals surface area contributed by atoms with E-state index in [0.717, 1.165) is 5.56 Å². The minimum atomic E-state index is -0.587. The predicted octanol–water partition coefficient (Wildman–Crippen LogP) is 1.26. The number of aryl methyl sites for hydroxylation is 1. The summed E-state index contributed by atoms with van der Waals surface area (Å²) in [5.74, 6) is -0.784. The molecule has 1 saturated heterocycles. The van der Waals surface area contributed by atoms with Crippen LogP contribution in [0.4, 0.5) is 4.39 Å². The van der Waals surface area contributed by atoms with Crippen molar-refractivity contribution in [3.05, 3.63) is 53.6 Å². The monoisotopic (exact) mass is 332 g/mol. The van der Waals surface area contributed by atoms with Gasteiger partial charge >= 0.3 is 0 Å². The summed E-state index contributed by atoms with van der Waals surface area (Å²) in [6.45, 7) is 4.26. The van der Waals surface area contributed by atoms with E-state index < -0.39 is 11.9 Å². The lowest BCUT2D eigenvalue weighted by molar-refractivity contribution is -0.127. The second-order valence-corrected chi connectivity index (χ2v) is 6.08. The lowest BCUT2D eigenvalue weighted by atomic mass is 10.0. The summed E-state index contributed by atoms with van der Waals surface area (Å²) in [6.07, 6.45) is 3.67. The van der Waals surface area contributed by atoms with Crippen LogP contribution in [0.3, 0.4) is 0 Å². The first-order valence-electron chi connectivity index (χ1n) is 7.92. The van der Waals surface area contributed by atoms with Gasteiger partial charge in [-0.1, -0.05) is 12.1 Å². The number of aromatic nitrogens is 2. The van der Waals surface area contributed by atoms with Crippen LogP contribution in [0, 0.1) is 12.7 Å². The first kappa shape index (κ1) is 16.6. The van der Waals surface area contributed by atoms with Crippen molar-refractivity contribution in [2.45, 2.75) is 25.6 Å². The molecule has 1 aromatic heterocycles. The van der Waals surface area contributed by atoms with E-state index >= 15 is 0 Å². The Hall–Kier alpha value is -2.25. The topological polar surface area (TPSA) is 73.4 Å². The Morgan fingerprint density at radius 1 is 1.46 bits per heavy atom. The van der Waals surface area contributed by atoms with Crippen LogP contribution in [0.15, 0.2) is 36.7 Å². The fourth-order valence-electron chi connectivity index (χ4n) is 3.06. The molecule has 0 radical (unpaired) electrons. The Balaban J connectivity index is 1.73. The second kappa shape index (κ2) is 7.11. The highest BCUT2D eigenvalue weighted by atomic mass is 19.1. The molecule has 1 aliphatic heterocycles. The van der Waals surface area contributed by atoms with Gasteiger partial charge in [-0.05, 0) is 30.2 Å². The van der Waals surface area contributed by atoms with Gasteiger partial charge < -0.3 is 10.5 Å². The molecule has 24 heavy (non-hydrogen) atoms. The molecule has 0 unspecified atom stereocenters.